The Bertz CT molecular complexity index is 556. The standard InChI is InChI=1S/C10H6Cl2N4/c11-4-10-15-14-6-16(10)8-2-1-7(5-13)9(12)3-8/h1-3,6H,4H2. The van der Waals surface area contributed by atoms with E-state index in [4.69, 9.17) is 28.5 Å². The number of hydrogen-bond donors (Lipinski definition) is 0. The monoisotopic (exact) mass is 252 g/mol. The maximum atomic E-state index is 8.75. The first-order valence-electron chi connectivity index (χ1n) is 4.41. The SMILES string of the molecule is N#Cc1ccc(-n2cnnc2CCl)cc1Cl. The predicted octanol–water partition coefficient (Wildman–Crippen LogP) is 2.53. The van der Waals surface area contributed by atoms with Crippen LogP contribution < -0.4 is 0 Å². The summed E-state index contributed by atoms with van der Waals surface area (Å²) < 4.78 is 1.72. The topological polar surface area (TPSA) is 54.5 Å². The molecular formula is C10H6Cl2N4. The van der Waals surface area contributed by atoms with E-state index in [2.05, 4.69) is 10.2 Å². The van der Waals surface area contributed by atoms with E-state index in [1.165, 1.54) is 0 Å². The maximum absolute atomic E-state index is 8.75. The van der Waals surface area contributed by atoms with Crippen molar-refractivity contribution in [3.63, 3.8) is 0 Å². The van der Waals surface area contributed by atoms with E-state index in [1.54, 1.807) is 29.1 Å². The molecule has 0 amide bonds. The summed E-state index contributed by atoms with van der Waals surface area (Å²) in [5, 5.41) is 16.8. The molecule has 0 atom stereocenters. The molecule has 6 heteroatoms. The lowest BCUT2D eigenvalue weighted by atomic mass is 10.2. The third-order valence-electron chi connectivity index (χ3n) is 2.09. The third-order valence-corrected chi connectivity index (χ3v) is 2.64. The fourth-order valence-corrected chi connectivity index (χ4v) is 1.71. The van der Waals surface area contributed by atoms with Crippen molar-refractivity contribution in [2.45, 2.75) is 5.88 Å². The molecule has 0 aliphatic carbocycles. The lowest BCUT2D eigenvalue weighted by Gasteiger charge is -2.05. The number of alkyl halides is 1. The summed E-state index contributed by atoms with van der Waals surface area (Å²) in [4.78, 5) is 0. The normalized spacial score (nSPS) is 10.1. The van der Waals surface area contributed by atoms with Crippen LogP contribution >= 0.6 is 23.2 Å². The van der Waals surface area contributed by atoms with Crippen molar-refractivity contribution < 1.29 is 0 Å². The Balaban J connectivity index is 2.50. The van der Waals surface area contributed by atoms with Crippen molar-refractivity contribution in [3.05, 3.63) is 40.9 Å². The molecule has 0 aliphatic rings. The van der Waals surface area contributed by atoms with Crippen LogP contribution in [0.1, 0.15) is 11.4 Å². The molecule has 0 radical (unpaired) electrons. The Morgan fingerprint density at radius 3 is 2.88 bits per heavy atom. The van der Waals surface area contributed by atoms with E-state index in [0.29, 0.717) is 16.4 Å². The summed E-state index contributed by atoms with van der Waals surface area (Å²) in [5.41, 5.74) is 1.22. The van der Waals surface area contributed by atoms with Gasteiger partial charge in [0.1, 0.15) is 12.4 Å². The molecule has 80 valence electrons. The lowest BCUT2D eigenvalue weighted by molar-refractivity contribution is 0.951. The Labute approximate surface area is 102 Å². The average molecular weight is 253 g/mol. The largest absolute Gasteiger partial charge is 0.285 e. The number of rotatable bonds is 2. The van der Waals surface area contributed by atoms with Gasteiger partial charge < -0.3 is 0 Å². The van der Waals surface area contributed by atoms with Crippen LogP contribution in [0, 0.1) is 11.3 Å². The highest BCUT2D eigenvalue weighted by molar-refractivity contribution is 6.31. The van der Waals surface area contributed by atoms with E-state index < -0.39 is 0 Å². The van der Waals surface area contributed by atoms with E-state index in [-0.39, 0.29) is 5.88 Å². The first-order chi connectivity index (χ1) is 7.76. The molecule has 1 heterocycles. The van der Waals surface area contributed by atoms with Crippen molar-refractivity contribution in [1.82, 2.24) is 14.8 Å². The van der Waals surface area contributed by atoms with Crippen molar-refractivity contribution in [3.8, 4) is 11.8 Å². The summed E-state index contributed by atoms with van der Waals surface area (Å²) in [6, 6.07) is 7.09. The molecule has 0 bridgehead atoms. The van der Waals surface area contributed by atoms with Crippen molar-refractivity contribution in [2.75, 3.05) is 0 Å². The highest BCUT2D eigenvalue weighted by Gasteiger charge is 2.07. The van der Waals surface area contributed by atoms with Gasteiger partial charge in [-0.2, -0.15) is 5.26 Å². The zero-order chi connectivity index (χ0) is 11.5. The van der Waals surface area contributed by atoms with Crippen LogP contribution in [0.5, 0.6) is 0 Å². The highest BCUT2D eigenvalue weighted by atomic mass is 35.5. The number of hydrogen-bond acceptors (Lipinski definition) is 3. The van der Waals surface area contributed by atoms with Crippen LogP contribution in [0.25, 0.3) is 5.69 Å². The Kier molecular flexibility index (Phi) is 3.09. The van der Waals surface area contributed by atoms with Gasteiger partial charge in [0.25, 0.3) is 0 Å². The molecular weight excluding hydrogens is 247 g/mol. The quantitative estimate of drug-likeness (QED) is 0.772. The predicted molar refractivity (Wildman–Crippen MR) is 60.6 cm³/mol. The maximum Gasteiger partial charge on any atom is 0.152 e. The smallest absolute Gasteiger partial charge is 0.152 e. The second-order valence-corrected chi connectivity index (χ2v) is 3.70. The first-order valence-corrected chi connectivity index (χ1v) is 5.32. The molecule has 0 saturated heterocycles. The summed E-state index contributed by atoms with van der Waals surface area (Å²) in [7, 11) is 0. The van der Waals surface area contributed by atoms with E-state index in [9.17, 15) is 0 Å². The van der Waals surface area contributed by atoms with Gasteiger partial charge in [-0.3, -0.25) is 4.57 Å². The summed E-state index contributed by atoms with van der Waals surface area (Å²) in [5.74, 6) is 0.889. The minimum Gasteiger partial charge on any atom is -0.285 e. The first kappa shape index (κ1) is 10.9. The number of nitriles is 1. The Hall–Kier alpha value is -1.57. The fraction of sp³-hybridized carbons (Fsp3) is 0.100. The Morgan fingerprint density at radius 2 is 2.25 bits per heavy atom. The van der Waals surface area contributed by atoms with Crippen LogP contribution in [0.2, 0.25) is 5.02 Å². The van der Waals surface area contributed by atoms with Crippen molar-refractivity contribution >= 4 is 23.2 Å². The third kappa shape index (κ3) is 1.87. The second kappa shape index (κ2) is 4.52. The van der Waals surface area contributed by atoms with E-state index in [1.807, 2.05) is 6.07 Å². The number of benzene rings is 1. The molecule has 4 nitrogen and oxygen atoms in total. The molecule has 0 unspecified atom stereocenters. The van der Waals surface area contributed by atoms with Gasteiger partial charge in [-0.15, -0.1) is 21.8 Å². The number of nitrogens with zero attached hydrogens (tertiary/aromatic N) is 4. The Morgan fingerprint density at radius 1 is 1.44 bits per heavy atom. The van der Waals surface area contributed by atoms with Crippen LogP contribution in [-0.2, 0) is 5.88 Å². The molecule has 16 heavy (non-hydrogen) atoms. The zero-order valence-corrected chi connectivity index (χ0v) is 9.57. The molecule has 0 aliphatic heterocycles. The van der Waals surface area contributed by atoms with Crippen molar-refractivity contribution in [1.29, 1.82) is 5.26 Å². The second-order valence-electron chi connectivity index (χ2n) is 3.03. The minimum atomic E-state index is 0.262. The molecule has 2 rings (SSSR count). The van der Waals surface area contributed by atoms with Gasteiger partial charge in [0.05, 0.1) is 16.5 Å². The highest BCUT2D eigenvalue weighted by Crippen LogP contribution is 2.20. The van der Waals surface area contributed by atoms with E-state index >= 15 is 0 Å². The van der Waals surface area contributed by atoms with Crippen LogP contribution in [0.4, 0.5) is 0 Å². The van der Waals surface area contributed by atoms with Gasteiger partial charge in [-0.1, -0.05) is 11.6 Å². The summed E-state index contributed by atoms with van der Waals surface area (Å²) in [6.45, 7) is 0. The summed E-state index contributed by atoms with van der Waals surface area (Å²) >= 11 is 11.6. The average Bonchev–Trinajstić information content (AvgIpc) is 2.77. The van der Waals surface area contributed by atoms with Gasteiger partial charge in [0.15, 0.2) is 5.82 Å². The fourth-order valence-electron chi connectivity index (χ4n) is 1.31. The molecule has 0 spiro atoms. The van der Waals surface area contributed by atoms with Gasteiger partial charge in [-0.05, 0) is 18.2 Å². The van der Waals surface area contributed by atoms with Gasteiger partial charge in [0, 0.05) is 5.69 Å². The van der Waals surface area contributed by atoms with Gasteiger partial charge in [0.2, 0.25) is 0 Å². The van der Waals surface area contributed by atoms with Crippen LogP contribution in [0.3, 0.4) is 0 Å². The van der Waals surface area contributed by atoms with Gasteiger partial charge in [-0.25, -0.2) is 0 Å². The van der Waals surface area contributed by atoms with Crippen LogP contribution in [-0.4, -0.2) is 14.8 Å². The zero-order valence-electron chi connectivity index (χ0n) is 8.06. The molecule has 0 fully saturated rings. The molecule has 1 aromatic heterocycles. The number of aromatic nitrogens is 3. The lowest BCUT2D eigenvalue weighted by Crippen LogP contribution is -1.98. The van der Waals surface area contributed by atoms with Gasteiger partial charge >= 0.3 is 0 Å². The molecule has 1 aromatic carbocycles. The summed E-state index contributed by atoms with van der Waals surface area (Å²) in [6.07, 6.45) is 1.55. The van der Waals surface area contributed by atoms with Crippen LogP contribution in [0.15, 0.2) is 24.5 Å². The minimum absolute atomic E-state index is 0.262. The number of halogens is 2. The molecule has 0 saturated carbocycles. The van der Waals surface area contributed by atoms with Crippen molar-refractivity contribution in [2.24, 2.45) is 0 Å². The van der Waals surface area contributed by atoms with E-state index in [0.717, 1.165) is 5.69 Å². The molecule has 2 aromatic rings. The molecule has 0 N–H and O–H groups in total.